The number of amidine groups is 1. The van der Waals surface area contributed by atoms with Gasteiger partial charge in [-0.25, -0.2) is 0 Å². The lowest BCUT2D eigenvalue weighted by Gasteiger charge is -2.29. The summed E-state index contributed by atoms with van der Waals surface area (Å²) in [5, 5.41) is 9.71. The Labute approximate surface area is 117 Å². The van der Waals surface area contributed by atoms with Crippen LogP contribution in [-0.2, 0) is 13.0 Å². The minimum absolute atomic E-state index is 0.141. The van der Waals surface area contributed by atoms with Crippen LogP contribution in [0.4, 0.5) is 5.69 Å². The second-order valence-corrected chi connectivity index (χ2v) is 5.95. The van der Waals surface area contributed by atoms with E-state index in [1.807, 2.05) is 24.3 Å². The van der Waals surface area contributed by atoms with Gasteiger partial charge in [0.2, 0.25) is 0 Å². The van der Waals surface area contributed by atoms with E-state index in [-0.39, 0.29) is 5.84 Å². The number of nitrogens with two attached hydrogens (primary N) is 1. The molecule has 0 saturated heterocycles. The summed E-state index contributed by atoms with van der Waals surface area (Å²) >= 11 is 1.86. The Morgan fingerprint density at radius 2 is 2.21 bits per heavy atom. The minimum atomic E-state index is 0.141. The molecule has 3 rings (SSSR count). The lowest BCUT2D eigenvalue weighted by molar-refractivity contribution is 0.743. The van der Waals surface area contributed by atoms with Crippen LogP contribution in [0, 0.1) is 12.3 Å². The Hall–Kier alpha value is -1.81. The first-order valence-corrected chi connectivity index (χ1v) is 7.28. The second kappa shape index (κ2) is 4.70. The topological polar surface area (TPSA) is 53.1 Å². The molecule has 0 radical (unpaired) electrons. The molecule has 19 heavy (non-hydrogen) atoms. The lowest BCUT2D eigenvalue weighted by atomic mass is 10.0. The molecule has 1 aliphatic rings. The van der Waals surface area contributed by atoms with Crippen LogP contribution in [0.3, 0.4) is 0 Å². The van der Waals surface area contributed by atoms with Gasteiger partial charge < -0.3 is 10.6 Å². The van der Waals surface area contributed by atoms with Crippen LogP contribution in [-0.4, -0.2) is 12.4 Å². The minimum Gasteiger partial charge on any atom is -0.384 e. The van der Waals surface area contributed by atoms with E-state index in [1.165, 1.54) is 16.1 Å². The number of nitrogens with zero attached hydrogens (tertiary/aromatic N) is 1. The number of anilines is 1. The van der Waals surface area contributed by atoms with Crippen molar-refractivity contribution in [3.63, 3.8) is 0 Å². The molecule has 3 nitrogen and oxygen atoms in total. The van der Waals surface area contributed by atoms with E-state index < -0.39 is 0 Å². The second-order valence-electron chi connectivity index (χ2n) is 4.95. The van der Waals surface area contributed by atoms with Gasteiger partial charge >= 0.3 is 0 Å². The highest BCUT2D eigenvalue weighted by molar-refractivity contribution is 7.10. The first-order chi connectivity index (χ1) is 9.15. The molecular weight excluding hydrogens is 254 g/mol. The van der Waals surface area contributed by atoms with Gasteiger partial charge in [0.1, 0.15) is 5.84 Å². The maximum absolute atomic E-state index is 7.53. The molecule has 3 N–H and O–H groups in total. The summed E-state index contributed by atoms with van der Waals surface area (Å²) in [7, 11) is 0. The molecule has 4 heteroatoms. The Morgan fingerprint density at radius 3 is 2.95 bits per heavy atom. The van der Waals surface area contributed by atoms with Crippen LogP contribution in [0.15, 0.2) is 29.6 Å². The Kier molecular flexibility index (Phi) is 3.03. The molecule has 1 aromatic carbocycles. The molecule has 0 fully saturated rings. The third kappa shape index (κ3) is 2.24. The van der Waals surface area contributed by atoms with Crippen molar-refractivity contribution in [1.82, 2.24) is 0 Å². The van der Waals surface area contributed by atoms with Crippen molar-refractivity contribution in [2.24, 2.45) is 5.73 Å². The van der Waals surface area contributed by atoms with Gasteiger partial charge in [0.15, 0.2) is 0 Å². The number of hydrogen-bond donors (Lipinski definition) is 2. The zero-order valence-electron chi connectivity index (χ0n) is 10.9. The normalized spacial score (nSPS) is 14.3. The monoisotopic (exact) mass is 271 g/mol. The number of thiophene rings is 1. The van der Waals surface area contributed by atoms with Crippen molar-refractivity contribution in [1.29, 1.82) is 5.41 Å². The van der Waals surface area contributed by atoms with Crippen molar-refractivity contribution >= 4 is 22.9 Å². The molecule has 0 bridgehead atoms. The number of hydrogen-bond acceptors (Lipinski definition) is 3. The van der Waals surface area contributed by atoms with Crippen LogP contribution in [0.25, 0.3) is 0 Å². The van der Waals surface area contributed by atoms with Crippen molar-refractivity contribution < 1.29 is 0 Å². The smallest absolute Gasteiger partial charge is 0.123 e. The number of nitrogen functional groups attached to an aromatic ring is 1. The maximum atomic E-state index is 7.53. The zero-order valence-corrected chi connectivity index (χ0v) is 11.8. The molecule has 2 aromatic rings. The number of nitrogens with one attached hydrogen (secondary N) is 1. The molecule has 0 amide bonds. The van der Waals surface area contributed by atoms with Crippen LogP contribution in [0.5, 0.6) is 0 Å². The molecule has 98 valence electrons. The van der Waals surface area contributed by atoms with Crippen LogP contribution >= 0.6 is 11.3 Å². The van der Waals surface area contributed by atoms with Gasteiger partial charge in [0, 0.05) is 29.2 Å². The average Bonchev–Trinajstić information content (AvgIpc) is 2.85. The molecular formula is C15H17N3S. The standard InChI is InChI=1S/C15H17N3S/c1-10-8-12(2-3-13(10)15(16)17)18-6-4-14-11(9-18)5-7-19-14/h2-3,5,7-8H,4,6,9H2,1H3,(H3,16,17). The summed E-state index contributed by atoms with van der Waals surface area (Å²) in [6, 6.07) is 8.38. The number of aryl methyl sites for hydroxylation is 1. The summed E-state index contributed by atoms with van der Waals surface area (Å²) in [4.78, 5) is 3.92. The van der Waals surface area contributed by atoms with Gasteiger partial charge in [0.05, 0.1) is 0 Å². The molecule has 0 atom stereocenters. The van der Waals surface area contributed by atoms with Gasteiger partial charge in [-0.2, -0.15) is 0 Å². The number of rotatable bonds is 2. The zero-order chi connectivity index (χ0) is 13.4. The summed E-state index contributed by atoms with van der Waals surface area (Å²) in [6.07, 6.45) is 1.13. The van der Waals surface area contributed by atoms with Gasteiger partial charge in [-0.3, -0.25) is 5.41 Å². The van der Waals surface area contributed by atoms with Crippen LogP contribution in [0.2, 0.25) is 0 Å². The van der Waals surface area contributed by atoms with E-state index >= 15 is 0 Å². The summed E-state index contributed by atoms with van der Waals surface area (Å²) in [5.41, 5.74) is 10.1. The first kappa shape index (κ1) is 12.2. The Balaban J connectivity index is 1.88. The van der Waals surface area contributed by atoms with E-state index in [0.717, 1.165) is 30.6 Å². The van der Waals surface area contributed by atoms with Crippen molar-refractivity contribution in [3.05, 3.63) is 51.2 Å². The third-order valence-corrected chi connectivity index (χ3v) is 4.70. The van der Waals surface area contributed by atoms with Crippen LogP contribution < -0.4 is 10.6 Å². The first-order valence-electron chi connectivity index (χ1n) is 6.40. The van der Waals surface area contributed by atoms with Crippen LogP contribution in [0.1, 0.15) is 21.6 Å². The highest BCUT2D eigenvalue weighted by Crippen LogP contribution is 2.28. The molecule has 0 unspecified atom stereocenters. The fraction of sp³-hybridized carbons (Fsp3) is 0.267. The third-order valence-electron chi connectivity index (χ3n) is 3.67. The van der Waals surface area contributed by atoms with Gasteiger partial charge in [-0.05, 0) is 54.1 Å². The molecule has 0 aliphatic carbocycles. The van der Waals surface area contributed by atoms with E-state index in [0.29, 0.717) is 0 Å². The van der Waals surface area contributed by atoms with Crippen molar-refractivity contribution in [3.8, 4) is 0 Å². The fourth-order valence-corrected chi connectivity index (χ4v) is 3.51. The van der Waals surface area contributed by atoms with E-state index in [4.69, 9.17) is 11.1 Å². The number of benzene rings is 1. The SMILES string of the molecule is Cc1cc(N2CCc3sccc3C2)ccc1C(=N)N. The van der Waals surface area contributed by atoms with Gasteiger partial charge in [-0.1, -0.05) is 0 Å². The summed E-state index contributed by atoms with van der Waals surface area (Å²) in [5.74, 6) is 0.141. The number of fused-ring (bicyclic) bond motifs is 1. The van der Waals surface area contributed by atoms with E-state index in [9.17, 15) is 0 Å². The maximum Gasteiger partial charge on any atom is 0.123 e. The summed E-state index contributed by atoms with van der Waals surface area (Å²) in [6.45, 7) is 4.06. The van der Waals surface area contributed by atoms with Gasteiger partial charge in [0.25, 0.3) is 0 Å². The quantitative estimate of drug-likeness (QED) is 0.652. The predicted molar refractivity (Wildman–Crippen MR) is 81.3 cm³/mol. The molecule has 0 saturated carbocycles. The molecule has 1 aromatic heterocycles. The average molecular weight is 271 g/mol. The van der Waals surface area contributed by atoms with Gasteiger partial charge in [-0.15, -0.1) is 11.3 Å². The lowest BCUT2D eigenvalue weighted by Crippen LogP contribution is -2.29. The van der Waals surface area contributed by atoms with Crippen molar-refractivity contribution in [2.75, 3.05) is 11.4 Å². The summed E-state index contributed by atoms with van der Waals surface area (Å²) < 4.78 is 0. The molecule has 2 heterocycles. The van der Waals surface area contributed by atoms with E-state index in [1.54, 1.807) is 0 Å². The van der Waals surface area contributed by atoms with Crippen molar-refractivity contribution in [2.45, 2.75) is 19.9 Å². The highest BCUT2D eigenvalue weighted by Gasteiger charge is 2.18. The Morgan fingerprint density at radius 1 is 1.37 bits per heavy atom. The predicted octanol–water partition coefficient (Wildman–Crippen LogP) is 2.90. The largest absolute Gasteiger partial charge is 0.384 e. The molecule has 1 aliphatic heterocycles. The Bertz CT molecular complexity index is 630. The van der Waals surface area contributed by atoms with E-state index in [2.05, 4.69) is 28.5 Å². The molecule has 0 spiro atoms. The highest BCUT2D eigenvalue weighted by atomic mass is 32.1. The fourth-order valence-electron chi connectivity index (χ4n) is 2.62.